The molecule has 2 unspecified atom stereocenters. The van der Waals surface area contributed by atoms with Crippen molar-refractivity contribution in [1.82, 2.24) is 0 Å². The molecule has 6 heteroatoms. The third-order valence-corrected chi connectivity index (χ3v) is 7.63. The zero-order valence-corrected chi connectivity index (χ0v) is 16.9. The van der Waals surface area contributed by atoms with Gasteiger partial charge in [0, 0.05) is 22.7 Å². The molecule has 1 saturated heterocycles. The van der Waals surface area contributed by atoms with Gasteiger partial charge in [-0.2, -0.15) is 0 Å². The Hall–Kier alpha value is -0.880. The van der Waals surface area contributed by atoms with Gasteiger partial charge in [0.05, 0.1) is 4.58 Å². The Kier molecular flexibility index (Phi) is 7.47. The second-order valence-corrected chi connectivity index (χ2v) is 10.2. The van der Waals surface area contributed by atoms with Crippen molar-refractivity contribution in [2.75, 3.05) is 12.4 Å². The first kappa shape index (κ1) is 21.2. The van der Waals surface area contributed by atoms with Crippen LogP contribution in [0, 0.1) is 5.41 Å². The van der Waals surface area contributed by atoms with Crippen molar-refractivity contribution >= 4 is 35.5 Å². The van der Waals surface area contributed by atoms with E-state index in [1.54, 1.807) is 6.92 Å². The molecule has 0 N–H and O–H groups in total. The minimum atomic E-state index is -0.561. The lowest BCUT2D eigenvalue weighted by atomic mass is 9.83. The highest BCUT2D eigenvalue weighted by atomic mass is 32.2. The maximum absolute atomic E-state index is 11.8. The van der Waals surface area contributed by atoms with Crippen molar-refractivity contribution in [3.63, 3.8) is 0 Å². The number of carbonyl (C=O) groups is 2. The van der Waals surface area contributed by atoms with Crippen LogP contribution in [-0.4, -0.2) is 39.7 Å². The van der Waals surface area contributed by atoms with E-state index in [1.165, 1.54) is 6.08 Å². The van der Waals surface area contributed by atoms with Gasteiger partial charge in [-0.25, -0.2) is 9.59 Å². The normalized spacial score (nSPS) is 21.2. The summed E-state index contributed by atoms with van der Waals surface area (Å²) in [5, 5.41) is 0.282. The van der Waals surface area contributed by atoms with Crippen LogP contribution in [0.3, 0.4) is 0 Å². The Morgan fingerprint density at radius 1 is 1.29 bits per heavy atom. The van der Waals surface area contributed by atoms with Gasteiger partial charge in [-0.15, -0.1) is 23.5 Å². The van der Waals surface area contributed by atoms with Gasteiger partial charge >= 0.3 is 11.9 Å². The Morgan fingerprint density at radius 3 is 2.46 bits per heavy atom. The molecule has 1 heterocycles. The van der Waals surface area contributed by atoms with Crippen LogP contribution in [-0.2, 0) is 19.1 Å². The van der Waals surface area contributed by atoms with Gasteiger partial charge in [0.2, 0.25) is 0 Å². The van der Waals surface area contributed by atoms with Crippen LogP contribution >= 0.6 is 23.5 Å². The summed E-state index contributed by atoms with van der Waals surface area (Å²) in [6, 6.07) is 0. The molecule has 0 aromatic rings. The Morgan fingerprint density at radius 2 is 1.92 bits per heavy atom. The van der Waals surface area contributed by atoms with Crippen LogP contribution in [0.1, 0.15) is 41.0 Å². The van der Waals surface area contributed by atoms with E-state index in [0.29, 0.717) is 16.8 Å². The van der Waals surface area contributed by atoms with E-state index in [0.717, 1.165) is 12.2 Å². The van der Waals surface area contributed by atoms with Crippen LogP contribution in [0.25, 0.3) is 0 Å². The molecule has 0 aromatic carbocycles. The summed E-state index contributed by atoms with van der Waals surface area (Å²) >= 11 is 3.70. The van der Waals surface area contributed by atoms with Crippen LogP contribution in [0.15, 0.2) is 24.8 Å². The van der Waals surface area contributed by atoms with E-state index < -0.39 is 5.60 Å². The third-order valence-electron chi connectivity index (χ3n) is 3.56. The fraction of sp³-hybridized carbons (Fsp3) is 0.667. The molecule has 24 heavy (non-hydrogen) atoms. The van der Waals surface area contributed by atoms with Crippen molar-refractivity contribution in [1.29, 1.82) is 0 Å². The van der Waals surface area contributed by atoms with E-state index in [2.05, 4.69) is 27.0 Å². The molecular formula is C18H28O4S2. The molecule has 1 aliphatic heterocycles. The molecule has 0 spiro atoms. The zero-order valence-electron chi connectivity index (χ0n) is 15.2. The molecule has 1 rings (SSSR count). The minimum absolute atomic E-state index is 0.0363. The summed E-state index contributed by atoms with van der Waals surface area (Å²) in [6.45, 7) is 17.3. The standard InChI is InChI=1S/C18H28O4S2/c1-8-14(19)21-9-13-10-23-16(24-13)17(4,5)11-18(6,7)22-15(20)12(2)3/h8,13,16H,1-2,9-11H2,3-7H3. The topological polar surface area (TPSA) is 52.6 Å². The lowest BCUT2D eigenvalue weighted by Crippen LogP contribution is -2.37. The van der Waals surface area contributed by atoms with Crippen LogP contribution in [0.2, 0.25) is 0 Å². The molecule has 1 fully saturated rings. The number of carbonyl (C=O) groups excluding carboxylic acids is 2. The first-order valence-electron chi connectivity index (χ1n) is 7.92. The summed E-state index contributed by atoms with van der Waals surface area (Å²) < 4.78 is 11.1. The Bertz CT molecular complexity index is 511. The summed E-state index contributed by atoms with van der Waals surface area (Å²) in [4.78, 5) is 23.0. The quantitative estimate of drug-likeness (QED) is 0.470. The number of esters is 2. The van der Waals surface area contributed by atoms with E-state index >= 15 is 0 Å². The monoisotopic (exact) mass is 372 g/mol. The zero-order chi connectivity index (χ0) is 18.5. The molecule has 0 aliphatic carbocycles. The Balaban J connectivity index is 2.59. The molecule has 1 aliphatic rings. The molecule has 136 valence electrons. The highest BCUT2D eigenvalue weighted by Crippen LogP contribution is 2.50. The lowest BCUT2D eigenvalue weighted by molar-refractivity contribution is -0.153. The second-order valence-electron chi connectivity index (χ2n) is 7.35. The van der Waals surface area contributed by atoms with Crippen molar-refractivity contribution in [2.45, 2.75) is 56.5 Å². The summed E-state index contributed by atoms with van der Waals surface area (Å²) in [6.07, 6.45) is 1.93. The van der Waals surface area contributed by atoms with Crippen molar-refractivity contribution < 1.29 is 19.1 Å². The SMILES string of the molecule is C=CC(=O)OCC1CSC(C(C)(C)CC(C)(C)OC(=O)C(=C)C)S1. The average molecular weight is 373 g/mol. The third kappa shape index (κ3) is 6.55. The van der Waals surface area contributed by atoms with Gasteiger partial charge in [0.15, 0.2) is 0 Å². The highest BCUT2D eigenvalue weighted by molar-refractivity contribution is 8.20. The van der Waals surface area contributed by atoms with Crippen LogP contribution in [0.5, 0.6) is 0 Å². The van der Waals surface area contributed by atoms with Gasteiger partial charge in [-0.3, -0.25) is 0 Å². The fourth-order valence-corrected chi connectivity index (χ4v) is 6.27. The maximum atomic E-state index is 11.8. The van der Waals surface area contributed by atoms with E-state index in [-0.39, 0.29) is 22.6 Å². The highest BCUT2D eigenvalue weighted by Gasteiger charge is 2.42. The first-order valence-corrected chi connectivity index (χ1v) is 9.91. The molecular weight excluding hydrogens is 344 g/mol. The lowest BCUT2D eigenvalue weighted by Gasteiger charge is -2.38. The van der Waals surface area contributed by atoms with Crippen LogP contribution < -0.4 is 0 Å². The fourth-order valence-electron chi connectivity index (χ4n) is 2.73. The first-order chi connectivity index (χ1) is 11.0. The Labute approximate surface area is 153 Å². The van der Waals surface area contributed by atoms with Crippen molar-refractivity contribution in [3.05, 3.63) is 24.8 Å². The molecule has 4 nitrogen and oxygen atoms in total. The number of rotatable bonds is 8. The van der Waals surface area contributed by atoms with Gasteiger partial charge in [0.1, 0.15) is 12.2 Å². The van der Waals surface area contributed by atoms with E-state index in [1.807, 2.05) is 37.4 Å². The van der Waals surface area contributed by atoms with Crippen molar-refractivity contribution in [3.8, 4) is 0 Å². The second kappa shape index (κ2) is 8.48. The molecule has 0 aromatic heterocycles. The number of hydrogen-bond acceptors (Lipinski definition) is 6. The smallest absolute Gasteiger partial charge is 0.333 e. The molecule has 0 saturated carbocycles. The number of ether oxygens (including phenoxy) is 2. The molecule has 0 radical (unpaired) electrons. The summed E-state index contributed by atoms with van der Waals surface area (Å²) in [5.41, 5.74) is -0.186. The molecule has 0 amide bonds. The number of thioether (sulfide) groups is 2. The average Bonchev–Trinajstić information content (AvgIpc) is 2.92. The molecule has 0 bridgehead atoms. The van der Waals surface area contributed by atoms with Crippen molar-refractivity contribution in [2.24, 2.45) is 5.41 Å². The van der Waals surface area contributed by atoms with Gasteiger partial charge in [-0.1, -0.05) is 27.0 Å². The largest absolute Gasteiger partial charge is 0.461 e. The molecule has 2 atom stereocenters. The van der Waals surface area contributed by atoms with Gasteiger partial charge in [-0.05, 0) is 32.6 Å². The van der Waals surface area contributed by atoms with Gasteiger partial charge < -0.3 is 9.47 Å². The predicted octanol–water partition coefficient (Wildman–Crippen LogP) is 4.20. The van der Waals surface area contributed by atoms with E-state index in [4.69, 9.17) is 9.47 Å². The summed E-state index contributed by atoms with van der Waals surface area (Å²) in [5.74, 6) is 0.211. The van der Waals surface area contributed by atoms with E-state index in [9.17, 15) is 9.59 Å². The van der Waals surface area contributed by atoms with Gasteiger partial charge in [0.25, 0.3) is 0 Å². The maximum Gasteiger partial charge on any atom is 0.333 e. The van der Waals surface area contributed by atoms with Crippen LogP contribution in [0.4, 0.5) is 0 Å². The minimum Gasteiger partial charge on any atom is -0.461 e. The number of hydrogen-bond donors (Lipinski definition) is 0. The summed E-state index contributed by atoms with van der Waals surface area (Å²) in [7, 11) is 0. The predicted molar refractivity (Wildman–Crippen MR) is 102 cm³/mol.